The van der Waals surface area contributed by atoms with E-state index in [4.69, 9.17) is 11.6 Å². The second kappa shape index (κ2) is 9.41. The number of piperazine rings is 1. The summed E-state index contributed by atoms with van der Waals surface area (Å²) in [7, 11) is 0. The lowest BCUT2D eigenvalue weighted by Gasteiger charge is -2.29. The average molecular weight is 500 g/mol. The summed E-state index contributed by atoms with van der Waals surface area (Å²) in [6.45, 7) is 3.83. The third-order valence-corrected chi connectivity index (χ3v) is 7.15. The highest BCUT2D eigenvalue weighted by atomic mass is 35.5. The van der Waals surface area contributed by atoms with Crippen molar-refractivity contribution in [2.75, 3.05) is 36.4 Å². The number of halogens is 1. The molecule has 8 heteroatoms. The average Bonchev–Trinajstić information content (AvgIpc) is 3.76. The van der Waals surface area contributed by atoms with Crippen LogP contribution in [-0.4, -0.2) is 47.0 Å². The summed E-state index contributed by atoms with van der Waals surface area (Å²) >= 11 is 6.16. The Balaban J connectivity index is 1.41. The van der Waals surface area contributed by atoms with Gasteiger partial charge in [0, 0.05) is 43.7 Å². The predicted octanol–water partition coefficient (Wildman–Crippen LogP) is 5.40. The van der Waals surface area contributed by atoms with Crippen molar-refractivity contribution in [1.29, 1.82) is 0 Å². The summed E-state index contributed by atoms with van der Waals surface area (Å²) in [4.78, 5) is 24.8. The van der Waals surface area contributed by atoms with Crippen LogP contribution in [0.15, 0.2) is 60.9 Å². The van der Waals surface area contributed by atoms with E-state index < -0.39 is 0 Å². The Labute approximate surface area is 214 Å². The van der Waals surface area contributed by atoms with E-state index in [0.29, 0.717) is 17.1 Å². The maximum atomic E-state index is 13.2. The molecule has 1 aliphatic heterocycles. The number of nitrogens with zero attached hydrogens (tertiary/aromatic N) is 3. The van der Waals surface area contributed by atoms with E-state index in [-0.39, 0.29) is 22.5 Å². The van der Waals surface area contributed by atoms with E-state index in [9.17, 15) is 9.90 Å². The largest absolute Gasteiger partial charge is 0.506 e. The lowest BCUT2D eigenvalue weighted by Crippen LogP contribution is -2.43. The minimum Gasteiger partial charge on any atom is -0.506 e. The number of anilines is 3. The molecule has 182 valence electrons. The van der Waals surface area contributed by atoms with Crippen molar-refractivity contribution in [3.05, 3.63) is 71.5 Å². The number of hydrogen-bond donors (Lipinski definition) is 3. The number of carbonyl (C=O) groups excluding carboxylic acids is 1. The summed E-state index contributed by atoms with van der Waals surface area (Å²) < 4.78 is 0. The number of ketones is 1. The fourth-order valence-corrected chi connectivity index (χ4v) is 4.82. The van der Waals surface area contributed by atoms with Crippen LogP contribution in [0.25, 0.3) is 22.0 Å². The Morgan fingerprint density at radius 1 is 1.00 bits per heavy atom. The first kappa shape index (κ1) is 22.8. The zero-order chi connectivity index (χ0) is 24.6. The second-order valence-electron chi connectivity index (χ2n) is 9.35. The van der Waals surface area contributed by atoms with Gasteiger partial charge in [-0.05, 0) is 60.4 Å². The first-order valence-electron chi connectivity index (χ1n) is 12.2. The number of phenolic OH excluding ortho intramolecular Hbond substituents is 1. The number of aromatic hydroxyl groups is 1. The van der Waals surface area contributed by atoms with Crippen molar-refractivity contribution in [3.63, 3.8) is 0 Å². The molecule has 3 heterocycles. The molecule has 7 nitrogen and oxygen atoms in total. The third-order valence-electron chi connectivity index (χ3n) is 6.85. The van der Waals surface area contributed by atoms with Crippen molar-refractivity contribution in [1.82, 2.24) is 15.3 Å². The summed E-state index contributed by atoms with van der Waals surface area (Å²) in [6.07, 6.45) is 5.39. The number of carbonyl (C=O) groups is 1. The molecule has 1 saturated carbocycles. The van der Waals surface area contributed by atoms with Crippen molar-refractivity contribution in [2.24, 2.45) is 5.92 Å². The van der Waals surface area contributed by atoms with Crippen LogP contribution in [0.1, 0.15) is 23.2 Å². The van der Waals surface area contributed by atoms with Gasteiger partial charge >= 0.3 is 0 Å². The number of phenols is 1. The first-order valence-corrected chi connectivity index (χ1v) is 12.6. The highest BCUT2D eigenvalue weighted by Gasteiger charge is 2.32. The fourth-order valence-electron chi connectivity index (χ4n) is 4.64. The summed E-state index contributed by atoms with van der Waals surface area (Å²) in [5, 5.41) is 17.7. The minimum atomic E-state index is 0.0397. The van der Waals surface area contributed by atoms with E-state index in [1.54, 1.807) is 18.3 Å². The number of hydrogen-bond acceptors (Lipinski definition) is 7. The van der Waals surface area contributed by atoms with Gasteiger partial charge in [0.25, 0.3) is 0 Å². The third kappa shape index (κ3) is 4.47. The van der Waals surface area contributed by atoms with Crippen molar-refractivity contribution < 1.29 is 9.90 Å². The molecule has 4 aromatic rings. The van der Waals surface area contributed by atoms with E-state index in [2.05, 4.69) is 31.6 Å². The normalized spacial score (nSPS) is 15.8. The van der Waals surface area contributed by atoms with Crippen LogP contribution in [0.3, 0.4) is 0 Å². The number of nitrogens with one attached hydrogen (secondary N) is 2. The standard InChI is InChI=1S/C28H26ClN5O2/c29-23-14-19(4-7-25(23)35)18-3-6-24-21(13-18)27(22(16-31-24)28(36)17-1-2-17)33-26-8-5-20(15-32-26)34-11-9-30-10-12-34/h3-8,13-17,30,35H,1-2,9-12H2,(H,31,32,33). The van der Waals surface area contributed by atoms with E-state index in [1.807, 2.05) is 36.5 Å². The van der Waals surface area contributed by atoms with Gasteiger partial charge in [0.1, 0.15) is 11.6 Å². The summed E-state index contributed by atoms with van der Waals surface area (Å²) in [5.74, 6) is 0.886. The molecule has 0 bridgehead atoms. The molecule has 2 aliphatic rings. The zero-order valence-corrected chi connectivity index (χ0v) is 20.4. The number of benzene rings is 2. The van der Waals surface area contributed by atoms with Crippen molar-refractivity contribution in [3.8, 4) is 16.9 Å². The van der Waals surface area contributed by atoms with E-state index in [0.717, 1.165) is 66.7 Å². The number of pyridine rings is 2. The van der Waals surface area contributed by atoms with Crippen LogP contribution in [0.5, 0.6) is 5.75 Å². The highest BCUT2D eigenvalue weighted by Crippen LogP contribution is 2.39. The van der Waals surface area contributed by atoms with Crippen LogP contribution >= 0.6 is 11.6 Å². The van der Waals surface area contributed by atoms with Crippen LogP contribution in [0.4, 0.5) is 17.2 Å². The molecule has 3 N–H and O–H groups in total. The van der Waals surface area contributed by atoms with E-state index >= 15 is 0 Å². The van der Waals surface area contributed by atoms with Gasteiger partial charge in [0.05, 0.1) is 33.7 Å². The molecule has 1 saturated heterocycles. The molecule has 0 unspecified atom stereocenters. The van der Waals surface area contributed by atoms with Gasteiger partial charge in [-0.2, -0.15) is 0 Å². The van der Waals surface area contributed by atoms with Gasteiger partial charge in [-0.15, -0.1) is 0 Å². The molecule has 2 aromatic carbocycles. The quantitative estimate of drug-likeness (QED) is 0.306. The molecule has 0 spiro atoms. The number of aromatic nitrogens is 2. The molecule has 2 fully saturated rings. The molecule has 0 amide bonds. The number of fused-ring (bicyclic) bond motifs is 1. The number of rotatable bonds is 6. The summed E-state index contributed by atoms with van der Waals surface area (Å²) in [6, 6.07) is 15.1. The van der Waals surface area contributed by atoms with Gasteiger partial charge in [0.15, 0.2) is 5.78 Å². The van der Waals surface area contributed by atoms with Gasteiger partial charge in [-0.3, -0.25) is 9.78 Å². The van der Waals surface area contributed by atoms with Gasteiger partial charge in [0.2, 0.25) is 0 Å². The van der Waals surface area contributed by atoms with E-state index in [1.165, 1.54) is 0 Å². The number of Topliss-reactive ketones (excluding diaryl/α,β-unsaturated/α-hetero) is 1. The Bertz CT molecular complexity index is 1450. The topological polar surface area (TPSA) is 90.4 Å². The lowest BCUT2D eigenvalue weighted by atomic mass is 9.99. The minimum absolute atomic E-state index is 0.0397. The Morgan fingerprint density at radius 3 is 2.50 bits per heavy atom. The second-order valence-corrected chi connectivity index (χ2v) is 9.75. The molecular weight excluding hydrogens is 474 g/mol. The Kier molecular flexibility index (Phi) is 5.95. The smallest absolute Gasteiger partial charge is 0.169 e. The monoisotopic (exact) mass is 499 g/mol. The van der Waals surface area contributed by atoms with Gasteiger partial charge in [-0.25, -0.2) is 4.98 Å². The van der Waals surface area contributed by atoms with Crippen LogP contribution in [0.2, 0.25) is 5.02 Å². The molecule has 36 heavy (non-hydrogen) atoms. The molecule has 1 aliphatic carbocycles. The van der Waals surface area contributed by atoms with Crippen molar-refractivity contribution >= 4 is 45.5 Å². The van der Waals surface area contributed by atoms with Crippen molar-refractivity contribution in [2.45, 2.75) is 12.8 Å². The van der Waals surface area contributed by atoms with Gasteiger partial charge in [-0.1, -0.05) is 23.7 Å². The maximum absolute atomic E-state index is 13.2. The summed E-state index contributed by atoms with van der Waals surface area (Å²) in [5.41, 5.74) is 4.93. The fraction of sp³-hybridized carbons (Fsp3) is 0.250. The molecule has 0 atom stereocenters. The molecule has 2 aromatic heterocycles. The maximum Gasteiger partial charge on any atom is 0.169 e. The SMILES string of the molecule is O=C(c1cnc2ccc(-c3ccc(O)c(Cl)c3)cc2c1Nc1ccc(N2CCNCC2)cn1)C1CC1. The lowest BCUT2D eigenvalue weighted by molar-refractivity contribution is 0.0968. The molecule has 0 radical (unpaired) electrons. The molecular formula is C28H26ClN5O2. The first-order chi connectivity index (χ1) is 17.6. The van der Waals surface area contributed by atoms with Crippen LogP contribution in [-0.2, 0) is 0 Å². The molecule has 6 rings (SSSR count). The predicted molar refractivity (Wildman–Crippen MR) is 144 cm³/mol. The van der Waals surface area contributed by atoms with Crippen LogP contribution in [0, 0.1) is 5.92 Å². The highest BCUT2D eigenvalue weighted by molar-refractivity contribution is 6.32. The zero-order valence-electron chi connectivity index (χ0n) is 19.7. The Morgan fingerprint density at radius 2 is 1.78 bits per heavy atom. The van der Waals surface area contributed by atoms with Gasteiger partial charge < -0.3 is 20.6 Å². The van der Waals surface area contributed by atoms with Crippen LogP contribution < -0.4 is 15.5 Å². The Hall–Kier alpha value is -3.68.